The summed E-state index contributed by atoms with van der Waals surface area (Å²) in [6.45, 7) is 4.08. The number of Topliss-reactive ketones (excluding diaryl/α,β-unsaturated/α-hetero) is 1. The van der Waals surface area contributed by atoms with E-state index in [-0.39, 0.29) is 43.2 Å². The molecule has 30 heavy (non-hydrogen) atoms. The molecular weight excluding hydrogens is 401 g/mol. The average Bonchev–Trinajstić information content (AvgIpc) is 2.66. The number of ketones is 1. The van der Waals surface area contributed by atoms with Gasteiger partial charge in [-0.15, -0.1) is 0 Å². The second kappa shape index (κ2) is 8.19. The number of likely N-dealkylation sites (tertiary alicyclic amines) is 2. The number of piperidine rings is 1. The molecule has 6 nitrogen and oxygen atoms in total. The van der Waals surface area contributed by atoms with Crippen LogP contribution < -0.4 is 0 Å². The van der Waals surface area contributed by atoms with E-state index in [4.69, 9.17) is 9.47 Å². The number of alkyl halides is 3. The first kappa shape index (κ1) is 21.1. The number of hydrogen-bond donors (Lipinski definition) is 0. The molecule has 0 spiro atoms. The molecule has 3 heterocycles. The van der Waals surface area contributed by atoms with Crippen molar-refractivity contribution in [2.45, 2.75) is 44.8 Å². The highest BCUT2D eigenvalue weighted by Gasteiger charge is 2.40. The van der Waals surface area contributed by atoms with Gasteiger partial charge in [-0.1, -0.05) is 6.07 Å². The Morgan fingerprint density at radius 3 is 2.70 bits per heavy atom. The van der Waals surface area contributed by atoms with E-state index >= 15 is 0 Å². The minimum absolute atomic E-state index is 0.0583. The smallest absolute Gasteiger partial charge is 0.370 e. The van der Waals surface area contributed by atoms with E-state index in [0.717, 1.165) is 18.6 Å². The maximum absolute atomic E-state index is 12.8. The summed E-state index contributed by atoms with van der Waals surface area (Å²) in [6, 6.07) is 3.57. The van der Waals surface area contributed by atoms with Gasteiger partial charge in [-0.05, 0) is 36.6 Å². The summed E-state index contributed by atoms with van der Waals surface area (Å²) in [5.74, 6) is 0.154. The number of carbonyl (C=O) groups excluding carboxylic acids is 2. The second-order valence-electron chi connectivity index (χ2n) is 8.35. The quantitative estimate of drug-likeness (QED) is 0.746. The highest BCUT2D eigenvalue weighted by Crippen LogP contribution is 2.31. The first-order chi connectivity index (χ1) is 14.2. The number of rotatable bonds is 3. The molecular formula is C21H25F3N2O4. The van der Waals surface area contributed by atoms with Crippen LogP contribution >= 0.6 is 0 Å². The van der Waals surface area contributed by atoms with Crippen molar-refractivity contribution in [3.05, 3.63) is 34.9 Å². The first-order valence-corrected chi connectivity index (χ1v) is 10.2. The number of benzene rings is 1. The van der Waals surface area contributed by atoms with Gasteiger partial charge in [0.05, 0.1) is 37.5 Å². The van der Waals surface area contributed by atoms with Crippen LogP contribution in [0.4, 0.5) is 18.0 Å². The number of ether oxygens (including phenoxy) is 2. The molecule has 0 N–H and O–H groups in total. The largest absolute Gasteiger partial charge is 0.416 e. The number of carbonyl (C=O) groups is 2. The van der Waals surface area contributed by atoms with Crippen LogP contribution in [0.5, 0.6) is 0 Å². The minimum atomic E-state index is -4.36. The fraction of sp³-hybridized carbons (Fsp3) is 0.619. The van der Waals surface area contributed by atoms with Crippen LogP contribution in [0.1, 0.15) is 29.5 Å². The van der Waals surface area contributed by atoms with Gasteiger partial charge in [-0.3, -0.25) is 4.79 Å². The zero-order valence-corrected chi connectivity index (χ0v) is 16.8. The van der Waals surface area contributed by atoms with Gasteiger partial charge in [0, 0.05) is 25.4 Å². The molecule has 0 aliphatic carbocycles. The van der Waals surface area contributed by atoms with Gasteiger partial charge in [0.1, 0.15) is 6.61 Å². The number of hydrogen-bond acceptors (Lipinski definition) is 4. The average molecular weight is 426 g/mol. The Labute approximate surface area is 172 Å². The molecule has 0 bridgehead atoms. The number of halogens is 3. The third-order valence-corrected chi connectivity index (χ3v) is 6.15. The lowest BCUT2D eigenvalue weighted by Gasteiger charge is -2.45. The first-order valence-electron chi connectivity index (χ1n) is 10.2. The molecule has 164 valence electrons. The van der Waals surface area contributed by atoms with Gasteiger partial charge in [0.15, 0.2) is 5.78 Å². The van der Waals surface area contributed by atoms with Crippen molar-refractivity contribution in [2.75, 3.05) is 32.8 Å². The van der Waals surface area contributed by atoms with Crippen molar-refractivity contribution in [3.63, 3.8) is 0 Å². The summed E-state index contributed by atoms with van der Waals surface area (Å²) in [4.78, 5) is 27.8. The van der Waals surface area contributed by atoms with Gasteiger partial charge in [0.2, 0.25) is 0 Å². The molecule has 3 aliphatic heterocycles. The van der Waals surface area contributed by atoms with Crippen LogP contribution in [0.25, 0.3) is 0 Å². The minimum Gasteiger partial charge on any atom is -0.370 e. The maximum atomic E-state index is 12.8. The van der Waals surface area contributed by atoms with Crippen LogP contribution in [-0.4, -0.2) is 66.6 Å². The van der Waals surface area contributed by atoms with E-state index in [1.165, 1.54) is 6.07 Å². The lowest BCUT2D eigenvalue weighted by Crippen LogP contribution is -2.61. The summed E-state index contributed by atoms with van der Waals surface area (Å²) < 4.78 is 49.6. The summed E-state index contributed by atoms with van der Waals surface area (Å²) in [5, 5.41) is 0. The van der Waals surface area contributed by atoms with Crippen LogP contribution in [0.15, 0.2) is 18.2 Å². The molecule has 1 aromatic carbocycles. The Kier molecular flexibility index (Phi) is 5.76. The highest BCUT2D eigenvalue weighted by molar-refractivity contribution is 5.81. The summed E-state index contributed by atoms with van der Waals surface area (Å²) in [5.41, 5.74) is 0.569. The Hall–Kier alpha value is -2.13. The fourth-order valence-corrected chi connectivity index (χ4v) is 4.29. The van der Waals surface area contributed by atoms with Gasteiger partial charge >= 0.3 is 12.2 Å². The molecule has 3 aliphatic rings. The standard InChI is InChI=1S/C21H25F3N2O4/c1-13-6-16(21(22,23)24)3-2-14(13)11-29-18-9-26(10-18)20(28)25-5-4-19-15(8-25)7-17(27)12-30-19/h2-3,6,15,18-19H,4-5,7-12H2,1H3/t15-,19+/m1/s1. The molecule has 0 unspecified atom stereocenters. The normalized spacial score (nSPS) is 25.1. The number of amides is 2. The highest BCUT2D eigenvalue weighted by atomic mass is 19.4. The molecule has 0 aromatic heterocycles. The number of fused-ring (bicyclic) bond motifs is 1. The van der Waals surface area contributed by atoms with Crippen LogP contribution in [0.3, 0.4) is 0 Å². The zero-order valence-electron chi connectivity index (χ0n) is 16.8. The third kappa shape index (κ3) is 4.46. The van der Waals surface area contributed by atoms with Crippen LogP contribution in [0, 0.1) is 12.8 Å². The molecule has 0 radical (unpaired) electrons. The SMILES string of the molecule is Cc1cc(C(F)(F)F)ccc1COC1CN(C(=O)N2CC[C@@H]3OCC(=O)C[C@@H]3C2)C1. The van der Waals surface area contributed by atoms with E-state index in [1.54, 1.807) is 16.7 Å². The van der Waals surface area contributed by atoms with Crippen molar-refractivity contribution in [1.82, 2.24) is 9.80 Å². The van der Waals surface area contributed by atoms with Crippen LogP contribution in [0.2, 0.25) is 0 Å². The van der Waals surface area contributed by atoms with Gasteiger partial charge in [0.25, 0.3) is 0 Å². The molecule has 2 amide bonds. The monoisotopic (exact) mass is 426 g/mol. The maximum Gasteiger partial charge on any atom is 0.416 e. The second-order valence-corrected chi connectivity index (χ2v) is 8.35. The predicted octanol–water partition coefficient (Wildman–Crippen LogP) is 3.01. The van der Waals surface area contributed by atoms with Crippen molar-refractivity contribution in [3.8, 4) is 0 Å². The Bertz CT molecular complexity index is 823. The number of aryl methyl sites for hydroxylation is 1. The van der Waals surface area contributed by atoms with Crippen molar-refractivity contribution >= 4 is 11.8 Å². The van der Waals surface area contributed by atoms with Crippen molar-refractivity contribution in [2.24, 2.45) is 5.92 Å². The van der Waals surface area contributed by atoms with Crippen LogP contribution in [-0.2, 0) is 27.1 Å². The topological polar surface area (TPSA) is 59.1 Å². The third-order valence-electron chi connectivity index (χ3n) is 6.15. The predicted molar refractivity (Wildman–Crippen MR) is 101 cm³/mol. The van der Waals surface area contributed by atoms with Gasteiger partial charge < -0.3 is 19.3 Å². The molecule has 9 heteroatoms. The van der Waals surface area contributed by atoms with E-state index in [2.05, 4.69) is 0 Å². The molecule has 1 aromatic rings. The Morgan fingerprint density at radius 2 is 2.00 bits per heavy atom. The molecule has 2 atom stereocenters. The molecule has 3 saturated heterocycles. The summed E-state index contributed by atoms with van der Waals surface area (Å²) >= 11 is 0. The van der Waals surface area contributed by atoms with Gasteiger partial charge in [-0.25, -0.2) is 4.79 Å². The van der Waals surface area contributed by atoms with E-state index in [1.807, 2.05) is 0 Å². The van der Waals surface area contributed by atoms with Gasteiger partial charge in [-0.2, -0.15) is 13.2 Å². The lowest BCUT2D eigenvalue weighted by molar-refractivity contribution is -0.140. The lowest BCUT2D eigenvalue weighted by atomic mass is 9.88. The molecule has 4 rings (SSSR count). The zero-order chi connectivity index (χ0) is 21.5. The fourth-order valence-electron chi connectivity index (χ4n) is 4.29. The van der Waals surface area contributed by atoms with Crippen molar-refractivity contribution in [1.29, 1.82) is 0 Å². The Morgan fingerprint density at radius 1 is 1.23 bits per heavy atom. The Balaban J connectivity index is 1.23. The van der Waals surface area contributed by atoms with E-state index < -0.39 is 11.7 Å². The summed E-state index contributed by atoms with van der Waals surface area (Å²) in [6.07, 6.45) is -3.22. The van der Waals surface area contributed by atoms with Crippen molar-refractivity contribution < 1.29 is 32.2 Å². The van der Waals surface area contributed by atoms with E-state index in [9.17, 15) is 22.8 Å². The van der Waals surface area contributed by atoms with E-state index in [0.29, 0.717) is 43.7 Å². The number of urea groups is 1. The molecule has 0 saturated carbocycles. The summed E-state index contributed by atoms with van der Waals surface area (Å²) in [7, 11) is 0. The number of nitrogens with zero attached hydrogens (tertiary/aromatic N) is 2. The molecule has 3 fully saturated rings.